The summed E-state index contributed by atoms with van der Waals surface area (Å²) in [5.74, 6) is 0.910. The maximum Gasteiger partial charge on any atom is 0.345 e. The summed E-state index contributed by atoms with van der Waals surface area (Å²) >= 11 is 0. The SMILES string of the molecule is CCn1c(C2CCCN(C(=O)c3ccc[nH]3)C2)nn(CCN(C)C)c1=O. The van der Waals surface area contributed by atoms with E-state index in [2.05, 4.69) is 10.1 Å². The third-order valence-corrected chi connectivity index (χ3v) is 4.93. The van der Waals surface area contributed by atoms with Crippen molar-refractivity contribution in [3.8, 4) is 0 Å². The number of H-pyrrole nitrogens is 1. The zero-order valence-electron chi connectivity index (χ0n) is 15.8. The Bertz CT molecular complexity index is 789. The number of aromatic nitrogens is 4. The van der Waals surface area contributed by atoms with Crippen molar-refractivity contribution in [3.63, 3.8) is 0 Å². The normalized spacial score (nSPS) is 17.8. The van der Waals surface area contributed by atoms with Gasteiger partial charge in [-0.1, -0.05) is 0 Å². The molecule has 0 spiro atoms. The number of carbonyl (C=O) groups is 1. The zero-order chi connectivity index (χ0) is 18.7. The van der Waals surface area contributed by atoms with Gasteiger partial charge in [0, 0.05) is 38.3 Å². The van der Waals surface area contributed by atoms with Crippen molar-refractivity contribution in [3.05, 3.63) is 40.3 Å². The minimum absolute atomic E-state index is 0.0112. The van der Waals surface area contributed by atoms with E-state index >= 15 is 0 Å². The van der Waals surface area contributed by atoms with Crippen molar-refractivity contribution in [1.29, 1.82) is 0 Å². The van der Waals surface area contributed by atoms with Gasteiger partial charge in [-0.05, 0) is 46.0 Å². The summed E-state index contributed by atoms with van der Waals surface area (Å²) in [6.07, 6.45) is 3.62. The Balaban J connectivity index is 1.80. The molecule has 1 saturated heterocycles. The van der Waals surface area contributed by atoms with E-state index in [1.165, 1.54) is 0 Å². The molecule has 26 heavy (non-hydrogen) atoms. The van der Waals surface area contributed by atoms with Crippen molar-refractivity contribution in [2.45, 2.75) is 38.8 Å². The van der Waals surface area contributed by atoms with Crippen LogP contribution in [0.1, 0.15) is 42.0 Å². The van der Waals surface area contributed by atoms with E-state index < -0.39 is 0 Å². The molecule has 1 N–H and O–H groups in total. The maximum absolute atomic E-state index is 12.6. The lowest BCUT2D eigenvalue weighted by atomic mass is 9.97. The molecule has 0 aliphatic carbocycles. The Morgan fingerprint density at radius 1 is 1.42 bits per heavy atom. The number of nitrogens with one attached hydrogen (secondary N) is 1. The lowest BCUT2D eigenvalue weighted by molar-refractivity contribution is 0.0698. The van der Waals surface area contributed by atoms with E-state index in [-0.39, 0.29) is 17.5 Å². The van der Waals surface area contributed by atoms with Crippen LogP contribution in [0, 0.1) is 0 Å². The highest BCUT2D eigenvalue weighted by Gasteiger charge is 2.30. The second kappa shape index (κ2) is 7.90. The first-order valence-electron chi connectivity index (χ1n) is 9.26. The smallest absolute Gasteiger partial charge is 0.345 e. The predicted molar refractivity (Wildman–Crippen MR) is 99.4 cm³/mol. The van der Waals surface area contributed by atoms with Crippen molar-refractivity contribution >= 4 is 5.91 Å². The lowest BCUT2D eigenvalue weighted by Gasteiger charge is -2.32. The zero-order valence-corrected chi connectivity index (χ0v) is 15.8. The minimum atomic E-state index is -0.0582. The van der Waals surface area contributed by atoms with Crippen LogP contribution in [0.5, 0.6) is 0 Å². The molecule has 1 fully saturated rings. The van der Waals surface area contributed by atoms with Crippen molar-refractivity contribution in [1.82, 2.24) is 29.1 Å². The number of hydrogen-bond donors (Lipinski definition) is 1. The number of hydrogen-bond acceptors (Lipinski definition) is 4. The number of amides is 1. The van der Waals surface area contributed by atoms with Gasteiger partial charge in [0.1, 0.15) is 11.5 Å². The number of rotatable bonds is 6. The number of likely N-dealkylation sites (N-methyl/N-ethyl adjacent to an activating group) is 1. The van der Waals surface area contributed by atoms with Crippen molar-refractivity contribution < 1.29 is 4.79 Å². The van der Waals surface area contributed by atoms with E-state index in [4.69, 9.17) is 0 Å². The Morgan fingerprint density at radius 2 is 2.23 bits per heavy atom. The second-order valence-corrected chi connectivity index (χ2v) is 7.09. The van der Waals surface area contributed by atoms with Crippen LogP contribution in [0.3, 0.4) is 0 Å². The molecule has 1 unspecified atom stereocenters. The Labute approximate surface area is 153 Å². The molecule has 1 atom stereocenters. The molecule has 0 saturated carbocycles. The van der Waals surface area contributed by atoms with Crippen LogP contribution >= 0.6 is 0 Å². The van der Waals surface area contributed by atoms with Crippen molar-refractivity contribution in [2.75, 3.05) is 33.7 Å². The van der Waals surface area contributed by atoms with Gasteiger partial charge in [-0.25, -0.2) is 9.48 Å². The van der Waals surface area contributed by atoms with Gasteiger partial charge in [-0.3, -0.25) is 9.36 Å². The fourth-order valence-electron chi connectivity index (χ4n) is 3.50. The molecular weight excluding hydrogens is 332 g/mol. The summed E-state index contributed by atoms with van der Waals surface area (Å²) in [6, 6.07) is 3.62. The first kappa shape index (κ1) is 18.4. The summed E-state index contributed by atoms with van der Waals surface area (Å²) in [5.41, 5.74) is 0.548. The van der Waals surface area contributed by atoms with Gasteiger partial charge in [0.2, 0.25) is 0 Å². The first-order valence-corrected chi connectivity index (χ1v) is 9.26. The van der Waals surface area contributed by atoms with Crippen LogP contribution in [-0.2, 0) is 13.1 Å². The number of nitrogens with zero attached hydrogens (tertiary/aromatic N) is 5. The predicted octanol–water partition coefficient (Wildman–Crippen LogP) is 0.974. The van der Waals surface area contributed by atoms with E-state index in [1.807, 2.05) is 36.9 Å². The average Bonchev–Trinajstić information content (AvgIpc) is 3.27. The Hall–Kier alpha value is -2.35. The number of piperidine rings is 1. The molecule has 0 aromatic carbocycles. The van der Waals surface area contributed by atoms with Gasteiger partial charge in [0.25, 0.3) is 5.91 Å². The fourth-order valence-corrected chi connectivity index (χ4v) is 3.50. The highest BCUT2D eigenvalue weighted by atomic mass is 16.2. The third-order valence-electron chi connectivity index (χ3n) is 4.93. The Kier molecular flexibility index (Phi) is 5.61. The molecule has 1 aliphatic rings. The molecule has 3 heterocycles. The lowest BCUT2D eigenvalue weighted by Crippen LogP contribution is -2.40. The quantitative estimate of drug-likeness (QED) is 0.833. The minimum Gasteiger partial charge on any atom is -0.357 e. The fraction of sp³-hybridized carbons (Fsp3) is 0.611. The number of aromatic amines is 1. The van der Waals surface area contributed by atoms with Gasteiger partial charge in [-0.15, -0.1) is 0 Å². The van der Waals surface area contributed by atoms with E-state index in [0.29, 0.717) is 25.3 Å². The van der Waals surface area contributed by atoms with Crippen LogP contribution in [0.25, 0.3) is 0 Å². The summed E-state index contributed by atoms with van der Waals surface area (Å²) in [5, 5.41) is 4.63. The highest BCUT2D eigenvalue weighted by molar-refractivity contribution is 5.92. The van der Waals surface area contributed by atoms with E-state index in [1.54, 1.807) is 21.5 Å². The van der Waals surface area contributed by atoms with Crippen LogP contribution in [0.4, 0.5) is 0 Å². The molecule has 2 aromatic rings. The summed E-state index contributed by atoms with van der Waals surface area (Å²) in [7, 11) is 3.96. The first-order chi connectivity index (χ1) is 12.5. The third kappa shape index (κ3) is 3.75. The second-order valence-electron chi connectivity index (χ2n) is 7.09. The Morgan fingerprint density at radius 3 is 2.88 bits per heavy atom. The molecule has 8 heteroatoms. The van der Waals surface area contributed by atoms with Crippen LogP contribution in [-0.4, -0.2) is 68.8 Å². The van der Waals surface area contributed by atoms with E-state index in [0.717, 1.165) is 31.8 Å². The van der Waals surface area contributed by atoms with Crippen LogP contribution in [0.2, 0.25) is 0 Å². The van der Waals surface area contributed by atoms with Crippen LogP contribution < -0.4 is 5.69 Å². The molecule has 8 nitrogen and oxygen atoms in total. The molecule has 1 amide bonds. The molecule has 1 aliphatic heterocycles. The van der Waals surface area contributed by atoms with Gasteiger partial charge in [0.15, 0.2) is 0 Å². The van der Waals surface area contributed by atoms with Crippen molar-refractivity contribution in [2.24, 2.45) is 0 Å². The van der Waals surface area contributed by atoms with Gasteiger partial charge in [-0.2, -0.15) is 5.10 Å². The number of carbonyl (C=O) groups excluding carboxylic acids is 1. The summed E-state index contributed by atoms with van der Waals surface area (Å²) in [6.45, 7) is 5.24. The summed E-state index contributed by atoms with van der Waals surface area (Å²) in [4.78, 5) is 32.2. The van der Waals surface area contributed by atoms with E-state index in [9.17, 15) is 9.59 Å². The molecule has 142 valence electrons. The van der Waals surface area contributed by atoms with Crippen LogP contribution in [0.15, 0.2) is 23.1 Å². The molecule has 0 bridgehead atoms. The molecule has 3 rings (SSSR count). The molecule has 0 radical (unpaired) electrons. The summed E-state index contributed by atoms with van der Waals surface area (Å²) < 4.78 is 3.31. The maximum atomic E-state index is 12.6. The topological polar surface area (TPSA) is 79.2 Å². The monoisotopic (exact) mass is 360 g/mol. The van der Waals surface area contributed by atoms with Gasteiger partial charge < -0.3 is 14.8 Å². The molecule has 2 aromatic heterocycles. The number of likely N-dealkylation sites (tertiary alicyclic amines) is 1. The largest absolute Gasteiger partial charge is 0.357 e. The standard InChI is InChI=1S/C18H28N6O2/c1-4-23-16(20-24(18(23)26)12-11-21(2)3)14-7-6-10-22(13-14)17(25)15-8-5-9-19-15/h5,8-9,14,19H,4,6-7,10-13H2,1-3H3. The van der Waals surface area contributed by atoms with Gasteiger partial charge >= 0.3 is 5.69 Å². The average molecular weight is 360 g/mol. The molecular formula is C18H28N6O2. The van der Waals surface area contributed by atoms with Gasteiger partial charge in [0.05, 0.1) is 6.54 Å². The highest BCUT2D eigenvalue weighted by Crippen LogP contribution is 2.26.